The highest BCUT2D eigenvalue weighted by molar-refractivity contribution is 9.10. The van der Waals surface area contributed by atoms with Gasteiger partial charge < -0.3 is 10.1 Å². The molecule has 0 aliphatic heterocycles. The van der Waals surface area contributed by atoms with Crippen molar-refractivity contribution in [1.29, 1.82) is 0 Å². The van der Waals surface area contributed by atoms with Gasteiger partial charge in [-0.05, 0) is 67.1 Å². The molecule has 2 aromatic heterocycles. The molecule has 2 heterocycles. The summed E-state index contributed by atoms with van der Waals surface area (Å²) < 4.78 is 8.19. The number of hydrogen-bond donors (Lipinski definition) is 1. The van der Waals surface area contributed by atoms with Crippen molar-refractivity contribution in [1.82, 2.24) is 19.7 Å². The summed E-state index contributed by atoms with van der Waals surface area (Å²) in [5.74, 6) is 1.47. The highest BCUT2D eigenvalue weighted by atomic mass is 79.9. The lowest BCUT2D eigenvalue weighted by atomic mass is 10.2. The minimum absolute atomic E-state index is 0.121. The van der Waals surface area contributed by atoms with Crippen molar-refractivity contribution in [3.63, 3.8) is 0 Å². The number of amides is 1. The van der Waals surface area contributed by atoms with Gasteiger partial charge in [0.1, 0.15) is 5.75 Å². The van der Waals surface area contributed by atoms with Crippen LogP contribution in [0.15, 0.2) is 76.6 Å². The average molecular weight is 510 g/mol. The van der Waals surface area contributed by atoms with Gasteiger partial charge in [-0.2, -0.15) is 0 Å². The quantitative estimate of drug-likeness (QED) is 0.347. The number of carbonyl (C=O) groups is 1. The summed E-state index contributed by atoms with van der Waals surface area (Å²) in [6.45, 7) is 1.98. The van der Waals surface area contributed by atoms with Crippen molar-refractivity contribution >= 4 is 39.3 Å². The molecule has 0 aliphatic carbocycles. The van der Waals surface area contributed by atoms with Crippen LogP contribution in [0.3, 0.4) is 0 Å². The Morgan fingerprint density at radius 2 is 1.97 bits per heavy atom. The monoisotopic (exact) mass is 509 g/mol. The number of ether oxygens (including phenoxy) is 1. The molecule has 1 N–H and O–H groups in total. The first kappa shape index (κ1) is 22.0. The van der Waals surface area contributed by atoms with Gasteiger partial charge in [0.25, 0.3) is 0 Å². The number of aryl methyl sites for hydroxylation is 1. The fourth-order valence-electron chi connectivity index (χ4n) is 3.06. The Bertz CT molecular complexity index is 1230. The number of benzene rings is 2. The number of hydrogen-bond acceptors (Lipinski definition) is 6. The Morgan fingerprint density at radius 1 is 1.16 bits per heavy atom. The molecule has 0 fully saturated rings. The van der Waals surface area contributed by atoms with Gasteiger partial charge in [0.2, 0.25) is 5.91 Å². The molecule has 0 saturated heterocycles. The van der Waals surface area contributed by atoms with Crippen LogP contribution in [0, 0.1) is 6.92 Å². The molecule has 0 saturated carbocycles. The Morgan fingerprint density at radius 3 is 2.66 bits per heavy atom. The molecule has 32 heavy (non-hydrogen) atoms. The van der Waals surface area contributed by atoms with Crippen LogP contribution in [0.4, 0.5) is 5.69 Å². The topological polar surface area (TPSA) is 81.9 Å². The van der Waals surface area contributed by atoms with Crippen LogP contribution >= 0.6 is 27.7 Å². The van der Waals surface area contributed by atoms with Crippen molar-refractivity contribution in [2.24, 2.45) is 0 Å². The lowest BCUT2D eigenvalue weighted by Crippen LogP contribution is -2.14. The van der Waals surface area contributed by atoms with E-state index in [9.17, 15) is 4.79 Å². The first-order valence-electron chi connectivity index (χ1n) is 9.74. The molecular weight excluding hydrogens is 490 g/mol. The molecule has 1 amide bonds. The van der Waals surface area contributed by atoms with E-state index >= 15 is 0 Å². The summed E-state index contributed by atoms with van der Waals surface area (Å²) in [6.07, 6.45) is 3.45. The van der Waals surface area contributed by atoms with Crippen molar-refractivity contribution in [2.75, 3.05) is 18.2 Å². The SMILES string of the molecule is COc1ccc(-n2c(SCC(=O)Nc3ccc(Br)c(C)c3)nnc2-c2cccnc2)cc1. The normalized spacial score (nSPS) is 10.7. The Hall–Kier alpha value is -3.17. The molecule has 4 rings (SSSR count). The second-order valence-corrected chi connectivity index (χ2v) is 8.68. The van der Waals surface area contributed by atoms with Gasteiger partial charge in [-0.15, -0.1) is 10.2 Å². The second-order valence-electron chi connectivity index (χ2n) is 6.88. The largest absolute Gasteiger partial charge is 0.497 e. The fourth-order valence-corrected chi connectivity index (χ4v) is 4.06. The Labute approximate surface area is 198 Å². The van der Waals surface area contributed by atoms with E-state index in [4.69, 9.17) is 4.74 Å². The number of anilines is 1. The van der Waals surface area contributed by atoms with Crippen molar-refractivity contribution in [2.45, 2.75) is 12.1 Å². The average Bonchev–Trinajstić information content (AvgIpc) is 3.25. The maximum atomic E-state index is 12.6. The number of aromatic nitrogens is 4. The molecule has 7 nitrogen and oxygen atoms in total. The number of halogens is 1. The second kappa shape index (κ2) is 9.97. The van der Waals surface area contributed by atoms with Crippen molar-refractivity contribution < 1.29 is 9.53 Å². The minimum atomic E-state index is -0.121. The number of nitrogens with one attached hydrogen (secondary N) is 1. The summed E-state index contributed by atoms with van der Waals surface area (Å²) >= 11 is 4.79. The molecule has 162 valence electrons. The van der Waals surface area contributed by atoms with Crippen LogP contribution in [0.2, 0.25) is 0 Å². The number of methoxy groups -OCH3 is 1. The fraction of sp³-hybridized carbons (Fsp3) is 0.130. The lowest BCUT2D eigenvalue weighted by Gasteiger charge is -2.11. The zero-order chi connectivity index (χ0) is 22.5. The number of rotatable bonds is 7. The molecule has 9 heteroatoms. The summed E-state index contributed by atoms with van der Waals surface area (Å²) in [6, 6.07) is 17.1. The summed E-state index contributed by atoms with van der Waals surface area (Å²) in [5.41, 5.74) is 3.50. The lowest BCUT2D eigenvalue weighted by molar-refractivity contribution is -0.113. The van der Waals surface area contributed by atoms with Crippen LogP contribution in [-0.4, -0.2) is 38.5 Å². The van der Waals surface area contributed by atoms with Gasteiger partial charge in [0.05, 0.1) is 12.9 Å². The van der Waals surface area contributed by atoms with E-state index in [0.29, 0.717) is 11.0 Å². The van der Waals surface area contributed by atoms with Crippen LogP contribution in [-0.2, 0) is 4.79 Å². The number of pyridine rings is 1. The molecular formula is C23H20BrN5O2S. The van der Waals surface area contributed by atoms with E-state index < -0.39 is 0 Å². The Kier molecular flexibility index (Phi) is 6.87. The van der Waals surface area contributed by atoms with Crippen LogP contribution < -0.4 is 10.1 Å². The van der Waals surface area contributed by atoms with E-state index in [-0.39, 0.29) is 11.7 Å². The van der Waals surface area contributed by atoms with Crippen LogP contribution in [0.1, 0.15) is 5.56 Å². The third kappa shape index (κ3) is 5.00. The van der Waals surface area contributed by atoms with Crippen LogP contribution in [0.25, 0.3) is 17.1 Å². The molecule has 0 atom stereocenters. The summed E-state index contributed by atoms with van der Waals surface area (Å²) in [7, 11) is 1.63. The van der Waals surface area contributed by atoms with E-state index in [1.54, 1.807) is 19.5 Å². The van der Waals surface area contributed by atoms with E-state index in [0.717, 1.165) is 32.7 Å². The predicted molar refractivity (Wildman–Crippen MR) is 129 cm³/mol. The van der Waals surface area contributed by atoms with Crippen molar-refractivity contribution in [3.05, 3.63) is 77.0 Å². The Balaban J connectivity index is 1.58. The van der Waals surface area contributed by atoms with Crippen molar-refractivity contribution in [3.8, 4) is 22.8 Å². The highest BCUT2D eigenvalue weighted by Gasteiger charge is 2.17. The zero-order valence-corrected chi connectivity index (χ0v) is 19.9. The molecule has 2 aromatic carbocycles. The van der Waals surface area contributed by atoms with Gasteiger partial charge in [0, 0.05) is 33.8 Å². The number of thioether (sulfide) groups is 1. The minimum Gasteiger partial charge on any atom is -0.497 e. The maximum absolute atomic E-state index is 12.6. The summed E-state index contributed by atoms with van der Waals surface area (Å²) in [4.78, 5) is 16.8. The van der Waals surface area contributed by atoms with Gasteiger partial charge >= 0.3 is 0 Å². The number of nitrogens with zero attached hydrogens (tertiary/aromatic N) is 4. The third-order valence-electron chi connectivity index (χ3n) is 4.66. The van der Waals surface area contributed by atoms with Gasteiger partial charge in [0.15, 0.2) is 11.0 Å². The van der Waals surface area contributed by atoms with Crippen LogP contribution in [0.5, 0.6) is 5.75 Å². The van der Waals surface area contributed by atoms with Gasteiger partial charge in [-0.3, -0.25) is 14.3 Å². The summed E-state index contributed by atoms with van der Waals surface area (Å²) in [5, 5.41) is 12.3. The molecule has 0 spiro atoms. The zero-order valence-electron chi connectivity index (χ0n) is 17.4. The first-order chi connectivity index (χ1) is 15.5. The highest BCUT2D eigenvalue weighted by Crippen LogP contribution is 2.29. The smallest absolute Gasteiger partial charge is 0.234 e. The third-order valence-corrected chi connectivity index (χ3v) is 6.48. The molecule has 0 aliphatic rings. The number of carbonyl (C=O) groups excluding carboxylic acids is 1. The van der Waals surface area contributed by atoms with E-state index in [1.807, 2.05) is 66.1 Å². The predicted octanol–water partition coefficient (Wildman–Crippen LogP) is 5.14. The maximum Gasteiger partial charge on any atom is 0.234 e. The first-order valence-corrected chi connectivity index (χ1v) is 11.5. The molecule has 4 aromatic rings. The van der Waals surface area contributed by atoms with E-state index in [1.165, 1.54) is 11.8 Å². The molecule has 0 radical (unpaired) electrons. The standard InChI is InChI=1S/C23H20BrN5O2S/c1-15-12-17(5-10-20(15)24)26-21(30)14-32-23-28-27-22(16-4-3-11-25-13-16)29(23)18-6-8-19(31-2)9-7-18/h3-13H,14H2,1-2H3,(H,26,30). The molecule has 0 bridgehead atoms. The van der Waals surface area contributed by atoms with Gasteiger partial charge in [-0.1, -0.05) is 27.7 Å². The van der Waals surface area contributed by atoms with Gasteiger partial charge in [-0.25, -0.2) is 0 Å². The molecule has 0 unspecified atom stereocenters. The van der Waals surface area contributed by atoms with E-state index in [2.05, 4.69) is 36.4 Å².